The molecule has 0 bridgehead atoms. The summed E-state index contributed by atoms with van der Waals surface area (Å²) >= 11 is 0. The molecule has 0 aromatic carbocycles. The molecule has 0 saturated heterocycles. The highest BCUT2D eigenvalue weighted by Crippen LogP contribution is 2.38. The molecular formula is C9H14N4O. The average Bonchev–Trinajstić information content (AvgIpc) is 2.87. The van der Waals surface area contributed by atoms with E-state index in [9.17, 15) is 0 Å². The van der Waals surface area contributed by atoms with Crippen molar-refractivity contribution in [1.29, 1.82) is 0 Å². The number of aromatic nitrogens is 2. The van der Waals surface area contributed by atoms with E-state index in [0.717, 1.165) is 5.82 Å². The Balaban J connectivity index is 1.89. The number of rotatable bonds is 4. The lowest BCUT2D eigenvalue weighted by Crippen LogP contribution is -2.07. The summed E-state index contributed by atoms with van der Waals surface area (Å²) in [5.41, 5.74) is 0. The summed E-state index contributed by atoms with van der Waals surface area (Å²) in [6, 6.07) is 0. The van der Waals surface area contributed by atoms with Gasteiger partial charge in [-0.05, 0) is 12.8 Å². The van der Waals surface area contributed by atoms with Gasteiger partial charge in [-0.3, -0.25) is 4.99 Å². The van der Waals surface area contributed by atoms with Crippen LogP contribution in [0.15, 0.2) is 9.52 Å². The van der Waals surface area contributed by atoms with Gasteiger partial charge in [-0.1, -0.05) is 5.16 Å². The largest absolute Gasteiger partial charge is 0.369 e. The topological polar surface area (TPSA) is 54.5 Å². The molecule has 5 heteroatoms. The normalized spacial score (nSPS) is 16.4. The molecule has 1 aliphatic carbocycles. The van der Waals surface area contributed by atoms with Gasteiger partial charge < -0.3 is 9.42 Å². The first-order chi connectivity index (χ1) is 6.75. The average molecular weight is 194 g/mol. The molecule has 0 N–H and O–H groups in total. The van der Waals surface area contributed by atoms with Crippen molar-refractivity contribution in [2.75, 3.05) is 14.1 Å². The summed E-state index contributed by atoms with van der Waals surface area (Å²) in [4.78, 5) is 10.3. The Hall–Kier alpha value is -1.39. The zero-order valence-corrected chi connectivity index (χ0v) is 8.47. The van der Waals surface area contributed by atoms with E-state index in [2.05, 4.69) is 15.1 Å². The zero-order chi connectivity index (χ0) is 9.97. The Kier molecular flexibility index (Phi) is 2.47. The highest BCUT2D eigenvalue weighted by Gasteiger charge is 2.28. The van der Waals surface area contributed by atoms with Gasteiger partial charge in [0.25, 0.3) is 0 Å². The standard InChI is InChI=1S/C9H14N4O/c1-13(2)6-10-5-8-11-9(12-14-8)7-3-4-7/h6-7H,3-5H2,1-2H3. The van der Waals surface area contributed by atoms with Gasteiger partial charge in [0.2, 0.25) is 5.89 Å². The maximum atomic E-state index is 5.05. The maximum Gasteiger partial charge on any atom is 0.248 e. The van der Waals surface area contributed by atoms with Crippen molar-refractivity contribution in [1.82, 2.24) is 15.0 Å². The van der Waals surface area contributed by atoms with E-state index < -0.39 is 0 Å². The molecule has 0 radical (unpaired) electrons. The van der Waals surface area contributed by atoms with Crippen LogP contribution in [0.25, 0.3) is 0 Å². The first-order valence-electron chi connectivity index (χ1n) is 4.74. The van der Waals surface area contributed by atoms with Gasteiger partial charge in [0.05, 0.1) is 6.34 Å². The van der Waals surface area contributed by atoms with Crippen LogP contribution in [0.2, 0.25) is 0 Å². The van der Waals surface area contributed by atoms with Crippen LogP contribution in [0.1, 0.15) is 30.5 Å². The van der Waals surface area contributed by atoms with Crippen LogP contribution in [0.3, 0.4) is 0 Å². The van der Waals surface area contributed by atoms with Gasteiger partial charge in [-0.2, -0.15) is 4.98 Å². The zero-order valence-electron chi connectivity index (χ0n) is 8.47. The third kappa shape index (κ3) is 2.31. The second-order valence-electron chi connectivity index (χ2n) is 3.74. The predicted molar refractivity (Wildman–Crippen MR) is 52.2 cm³/mol. The van der Waals surface area contributed by atoms with Crippen LogP contribution in [-0.4, -0.2) is 35.5 Å². The van der Waals surface area contributed by atoms with E-state index in [1.807, 2.05) is 19.0 Å². The Morgan fingerprint density at radius 1 is 1.57 bits per heavy atom. The first-order valence-corrected chi connectivity index (χ1v) is 4.74. The van der Waals surface area contributed by atoms with Gasteiger partial charge in [0.15, 0.2) is 5.82 Å². The van der Waals surface area contributed by atoms with Crippen molar-refractivity contribution in [2.24, 2.45) is 4.99 Å². The van der Waals surface area contributed by atoms with Crippen molar-refractivity contribution < 1.29 is 4.52 Å². The van der Waals surface area contributed by atoms with Gasteiger partial charge in [0, 0.05) is 20.0 Å². The molecule has 2 rings (SSSR count). The maximum absolute atomic E-state index is 5.05. The second-order valence-corrected chi connectivity index (χ2v) is 3.74. The smallest absolute Gasteiger partial charge is 0.248 e. The molecule has 14 heavy (non-hydrogen) atoms. The molecule has 5 nitrogen and oxygen atoms in total. The minimum absolute atomic E-state index is 0.470. The van der Waals surface area contributed by atoms with Crippen LogP contribution in [0.5, 0.6) is 0 Å². The summed E-state index contributed by atoms with van der Waals surface area (Å²) in [6.07, 6.45) is 4.13. The third-order valence-electron chi connectivity index (χ3n) is 1.97. The first kappa shape index (κ1) is 9.18. The monoisotopic (exact) mass is 194 g/mol. The summed E-state index contributed by atoms with van der Waals surface area (Å²) in [5, 5.41) is 3.90. The number of aliphatic imine (C=N–C) groups is 1. The molecule has 1 saturated carbocycles. The lowest BCUT2D eigenvalue weighted by atomic mass is 10.4. The molecule has 0 amide bonds. The Bertz CT molecular complexity index is 327. The van der Waals surface area contributed by atoms with E-state index in [0.29, 0.717) is 18.4 Å². The number of hydrogen-bond acceptors (Lipinski definition) is 4. The molecule has 0 aliphatic heterocycles. The molecule has 0 unspecified atom stereocenters. The van der Waals surface area contributed by atoms with E-state index in [4.69, 9.17) is 4.52 Å². The van der Waals surface area contributed by atoms with Crippen molar-refractivity contribution in [2.45, 2.75) is 25.3 Å². The highest BCUT2D eigenvalue weighted by molar-refractivity contribution is 5.53. The molecule has 1 heterocycles. The van der Waals surface area contributed by atoms with Gasteiger partial charge in [0.1, 0.15) is 6.54 Å². The lowest BCUT2D eigenvalue weighted by Gasteiger charge is -2.00. The third-order valence-corrected chi connectivity index (χ3v) is 1.97. The molecule has 76 valence electrons. The molecule has 0 spiro atoms. The Morgan fingerprint density at radius 3 is 3.00 bits per heavy atom. The SMILES string of the molecule is CN(C)C=NCc1nc(C2CC2)no1. The predicted octanol–water partition coefficient (Wildman–Crippen LogP) is 1.04. The van der Waals surface area contributed by atoms with Crippen molar-refractivity contribution >= 4 is 6.34 Å². The summed E-state index contributed by atoms with van der Waals surface area (Å²) in [5.74, 6) is 2.00. The van der Waals surface area contributed by atoms with Crippen LogP contribution >= 0.6 is 0 Å². The highest BCUT2D eigenvalue weighted by atomic mass is 16.5. The van der Waals surface area contributed by atoms with Crippen molar-refractivity contribution in [3.63, 3.8) is 0 Å². The van der Waals surface area contributed by atoms with Gasteiger partial charge in [-0.15, -0.1) is 0 Å². The number of nitrogens with zero attached hydrogens (tertiary/aromatic N) is 4. The number of hydrogen-bond donors (Lipinski definition) is 0. The molecule has 0 atom stereocenters. The quantitative estimate of drug-likeness (QED) is 0.530. The molecule has 1 aromatic heterocycles. The molecule has 1 fully saturated rings. The molecule has 1 aromatic rings. The van der Waals surface area contributed by atoms with Crippen molar-refractivity contribution in [3.05, 3.63) is 11.7 Å². The fourth-order valence-electron chi connectivity index (χ4n) is 1.12. The van der Waals surface area contributed by atoms with E-state index in [1.54, 1.807) is 6.34 Å². The Labute approximate surface area is 82.8 Å². The van der Waals surface area contributed by atoms with E-state index in [1.165, 1.54) is 12.8 Å². The van der Waals surface area contributed by atoms with Gasteiger partial charge in [-0.25, -0.2) is 0 Å². The molecule has 1 aliphatic rings. The van der Waals surface area contributed by atoms with Crippen LogP contribution in [-0.2, 0) is 6.54 Å². The minimum atomic E-state index is 0.470. The van der Waals surface area contributed by atoms with Crippen LogP contribution in [0.4, 0.5) is 0 Å². The van der Waals surface area contributed by atoms with E-state index >= 15 is 0 Å². The minimum Gasteiger partial charge on any atom is -0.369 e. The van der Waals surface area contributed by atoms with Crippen molar-refractivity contribution in [3.8, 4) is 0 Å². The summed E-state index contributed by atoms with van der Waals surface area (Å²) in [7, 11) is 3.85. The second kappa shape index (κ2) is 3.77. The van der Waals surface area contributed by atoms with E-state index in [-0.39, 0.29) is 0 Å². The van der Waals surface area contributed by atoms with Gasteiger partial charge >= 0.3 is 0 Å². The fourth-order valence-corrected chi connectivity index (χ4v) is 1.12. The lowest BCUT2D eigenvalue weighted by molar-refractivity contribution is 0.375. The molecular weight excluding hydrogens is 180 g/mol. The Morgan fingerprint density at radius 2 is 2.36 bits per heavy atom. The fraction of sp³-hybridized carbons (Fsp3) is 0.667. The summed E-state index contributed by atoms with van der Waals surface area (Å²) < 4.78 is 5.05. The van der Waals surface area contributed by atoms with Crippen LogP contribution in [0, 0.1) is 0 Å². The summed E-state index contributed by atoms with van der Waals surface area (Å²) in [6.45, 7) is 0.470. The van der Waals surface area contributed by atoms with Crippen LogP contribution < -0.4 is 0 Å².